The van der Waals surface area contributed by atoms with Crippen LogP contribution >= 0.6 is 0 Å². The third-order valence-corrected chi connectivity index (χ3v) is 4.53. The first-order valence-corrected chi connectivity index (χ1v) is 8.33. The molecule has 0 heterocycles. The Balaban J connectivity index is 0.00000243. The Morgan fingerprint density at radius 1 is 0.769 bits per heavy atom. The molecule has 0 radical (unpaired) electrons. The molecule has 0 N–H and O–H groups in total. The summed E-state index contributed by atoms with van der Waals surface area (Å²) in [4.78, 5) is 0. The zero-order valence-electron chi connectivity index (χ0n) is 14.7. The molecule has 0 aliphatic heterocycles. The molecule has 1 atom stereocenters. The van der Waals surface area contributed by atoms with E-state index in [9.17, 15) is 10.2 Å². The maximum absolute atomic E-state index is 14.4. The van der Waals surface area contributed by atoms with E-state index < -0.39 is 11.5 Å². The fraction of sp³-hybridized carbons (Fsp3) is 0.130. The second-order valence-corrected chi connectivity index (χ2v) is 6.17. The minimum atomic E-state index is -1.57. The van der Waals surface area contributed by atoms with Gasteiger partial charge in [0, 0.05) is 0 Å². The molecule has 0 amide bonds. The fourth-order valence-corrected chi connectivity index (χ4v) is 3.35. The molecular formula is C23H20MgO2. The summed E-state index contributed by atoms with van der Waals surface area (Å²) in [6.45, 7) is 3.53. The molecule has 0 aromatic heterocycles. The van der Waals surface area contributed by atoms with Crippen molar-refractivity contribution in [2.24, 2.45) is 0 Å². The molecular weight excluding hydrogens is 333 g/mol. The molecule has 3 aromatic rings. The number of hydrogen-bond donors (Lipinski definition) is 0. The molecule has 0 aliphatic rings. The largest absolute Gasteiger partial charge is 2.00 e. The van der Waals surface area contributed by atoms with E-state index in [1.54, 1.807) is 0 Å². The summed E-state index contributed by atoms with van der Waals surface area (Å²) in [7, 11) is 0. The van der Waals surface area contributed by atoms with Crippen molar-refractivity contribution in [1.29, 1.82) is 0 Å². The third-order valence-electron chi connectivity index (χ3n) is 4.53. The summed E-state index contributed by atoms with van der Waals surface area (Å²) in [6, 6.07) is 28.1. The molecule has 0 saturated heterocycles. The van der Waals surface area contributed by atoms with Gasteiger partial charge in [0.1, 0.15) is 0 Å². The average Bonchev–Trinajstić information content (AvgIpc) is 2.67. The van der Waals surface area contributed by atoms with E-state index in [2.05, 4.69) is 6.58 Å². The molecule has 0 fully saturated rings. The van der Waals surface area contributed by atoms with Gasteiger partial charge in [-0.2, -0.15) is 0 Å². The molecule has 126 valence electrons. The molecule has 0 unspecified atom stereocenters. The monoisotopic (exact) mass is 352 g/mol. The molecule has 3 rings (SSSR count). The van der Waals surface area contributed by atoms with Crippen LogP contribution in [-0.2, 0) is 5.60 Å². The van der Waals surface area contributed by atoms with Crippen LogP contribution in [0.5, 0.6) is 0 Å². The summed E-state index contributed by atoms with van der Waals surface area (Å²) in [5, 5.41) is 26.2. The van der Waals surface area contributed by atoms with E-state index in [4.69, 9.17) is 0 Å². The van der Waals surface area contributed by atoms with Crippen LogP contribution < -0.4 is 10.2 Å². The number of allylic oxidation sites excluding steroid dienone is 1. The van der Waals surface area contributed by atoms with Crippen molar-refractivity contribution in [1.82, 2.24) is 0 Å². The predicted octanol–water partition coefficient (Wildman–Crippen LogP) is 2.96. The van der Waals surface area contributed by atoms with Crippen molar-refractivity contribution in [2.45, 2.75) is 17.9 Å². The van der Waals surface area contributed by atoms with Gasteiger partial charge in [0.05, 0.1) is 0 Å². The second-order valence-electron chi connectivity index (χ2n) is 6.17. The Morgan fingerprint density at radius 3 is 1.54 bits per heavy atom. The van der Waals surface area contributed by atoms with Crippen LogP contribution in [0.1, 0.15) is 29.0 Å². The number of hydrogen-bond acceptors (Lipinski definition) is 2. The molecule has 0 aliphatic carbocycles. The van der Waals surface area contributed by atoms with Crippen molar-refractivity contribution in [2.75, 3.05) is 0 Å². The van der Waals surface area contributed by atoms with Crippen LogP contribution in [0.4, 0.5) is 0 Å². The van der Waals surface area contributed by atoms with Crippen molar-refractivity contribution < 1.29 is 10.2 Å². The zero-order chi connectivity index (χ0) is 17.7. The van der Waals surface area contributed by atoms with Gasteiger partial charge in [-0.05, 0) is 17.9 Å². The maximum atomic E-state index is 14.4. The normalized spacial score (nSPS) is 12.0. The standard InChI is InChI=1S/C23H21O2.Mg/c1-18(24)17-22(19-11-5-2-6-12-19)23(25,20-13-7-3-8-14-20)21-15-9-4-10-16-21;/h2-16,22,24H,1,17H2;/q-1;+2/p-1/t22-;/m0./s1. The summed E-state index contributed by atoms with van der Waals surface area (Å²) in [5.41, 5.74) is 0.576. The van der Waals surface area contributed by atoms with Gasteiger partial charge in [-0.15, -0.1) is 12.3 Å². The van der Waals surface area contributed by atoms with Gasteiger partial charge in [0.15, 0.2) is 0 Å². The summed E-state index contributed by atoms with van der Waals surface area (Å²) in [6.07, 6.45) is 0.0945. The first-order valence-electron chi connectivity index (χ1n) is 8.33. The van der Waals surface area contributed by atoms with Gasteiger partial charge in [-0.3, -0.25) is 0 Å². The minimum absolute atomic E-state index is 0. The molecule has 0 bridgehead atoms. The molecule has 26 heavy (non-hydrogen) atoms. The van der Waals surface area contributed by atoms with E-state index >= 15 is 0 Å². The Hall–Kier alpha value is -2.07. The summed E-state index contributed by atoms with van der Waals surface area (Å²) < 4.78 is 0. The summed E-state index contributed by atoms with van der Waals surface area (Å²) >= 11 is 0. The topological polar surface area (TPSA) is 46.1 Å². The molecule has 3 heteroatoms. The van der Waals surface area contributed by atoms with Gasteiger partial charge < -0.3 is 10.2 Å². The summed E-state index contributed by atoms with van der Waals surface area (Å²) in [5.74, 6) is -0.774. The van der Waals surface area contributed by atoms with Crippen LogP contribution in [0.15, 0.2) is 103 Å². The van der Waals surface area contributed by atoms with Crippen LogP contribution in [-0.4, -0.2) is 23.1 Å². The van der Waals surface area contributed by atoms with E-state index in [1.807, 2.05) is 91.0 Å². The van der Waals surface area contributed by atoms with Crippen molar-refractivity contribution in [3.05, 3.63) is 120 Å². The molecule has 3 aromatic carbocycles. The molecule has 0 saturated carbocycles. The predicted molar refractivity (Wildman–Crippen MR) is 102 cm³/mol. The van der Waals surface area contributed by atoms with Crippen molar-refractivity contribution >= 4 is 23.1 Å². The van der Waals surface area contributed by atoms with Crippen LogP contribution in [0.25, 0.3) is 0 Å². The van der Waals surface area contributed by atoms with Gasteiger partial charge >= 0.3 is 23.1 Å². The van der Waals surface area contributed by atoms with Gasteiger partial charge in [-0.1, -0.05) is 108 Å². The maximum Gasteiger partial charge on any atom is 2.00 e. The quantitative estimate of drug-likeness (QED) is 0.506. The van der Waals surface area contributed by atoms with Gasteiger partial charge in [-0.25, -0.2) is 0 Å². The van der Waals surface area contributed by atoms with E-state index in [0.29, 0.717) is 11.1 Å². The smallest absolute Gasteiger partial charge is 0.876 e. The first-order chi connectivity index (χ1) is 12.1. The number of benzene rings is 3. The van der Waals surface area contributed by atoms with Crippen molar-refractivity contribution in [3.63, 3.8) is 0 Å². The Morgan fingerprint density at radius 2 is 1.15 bits per heavy atom. The zero-order valence-corrected chi connectivity index (χ0v) is 16.1. The minimum Gasteiger partial charge on any atom is -0.876 e. The van der Waals surface area contributed by atoms with Gasteiger partial charge in [0.25, 0.3) is 0 Å². The second kappa shape index (κ2) is 9.04. The van der Waals surface area contributed by atoms with Gasteiger partial charge in [0.2, 0.25) is 0 Å². The van der Waals surface area contributed by atoms with Crippen molar-refractivity contribution in [3.8, 4) is 0 Å². The number of rotatable bonds is 6. The van der Waals surface area contributed by atoms with Crippen LogP contribution in [0.2, 0.25) is 0 Å². The van der Waals surface area contributed by atoms with E-state index in [1.165, 1.54) is 0 Å². The van der Waals surface area contributed by atoms with Crippen LogP contribution in [0, 0.1) is 0 Å². The van der Waals surface area contributed by atoms with E-state index in [0.717, 1.165) is 5.56 Å². The SMILES string of the molecule is C=C([O-])C[C@@H](c1ccccc1)C([O-])(c1ccccc1)c1ccccc1.[Mg+2]. The first kappa shape index (κ1) is 20.2. The molecule has 2 nitrogen and oxygen atoms in total. The fourth-order valence-electron chi connectivity index (χ4n) is 3.35. The Labute approximate surface area is 171 Å². The average molecular weight is 353 g/mol. The third kappa shape index (κ3) is 4.18. The van der Waals surface area contributed by atoms with E-state index in [-0.39, 0.29) is 35.2 Å². The van der Waals surface area contributed by atoms with Crippen LogP contribution in [0.3, 0.4) is 0 Å². The Bertz CT molecular complexity index is 777. The molecule has 0 spiro atoms. The Kier molecular flexibility index (Phi) is 7.03.